The van der Waals surface area contributed by atoms with Gasteiger partial charge in [0, 0.05) is 24.8 Å². The highest BCUT2D eigenvalue weighted by Gasteiger charge is 2.17. The van der Waals surface area contributed by atoms with Crippen LogP contribution in [0.4, 0.5) is 5.69 Å². The third-order valence-corrected chi connectivity index (χ3v) is 3.88. The molecule has 1 aliphatic rings. The van der Waals surface area contributed by atoms with E-state index >= 15 is 0 Å². The van der Waals surface area contributed by atoms with Gasteiger partial charge in [-0.3, -0.25) is 0 Å². The predicted molar refractivity (Wildman–Crippen MR) is 79.1 cm³/mol. The minimum Gasteiger partial charge on any atom is -0.371 e. The molecule has 1 unspecified atom stereocenters. The Kier molecular flexibility index (Phi) is 4.65. The molecule has 0 radical (unpaired) electrons. The number of hydrogen-bond donors (Lipinski definition) is 1. The van der Waals surface area contributed by atoms with E-state index in [-0.39, 0.29) is 6.04 Å². The second-order valence-corrected chi connectivity index (χ2v) is 5.47. The summed E-state index contributed by atoms with van der Waals surface area (Å²) in [6.07, 6.45) is 6.43. The largest absolute Gasteiger partial charge is 0.371 e. The number of aryl methyl sites for hydroxylation is 1. The van der Waals surface area contributed by atoms with Gasteiger partial charge in [-0.25, -0.2) is 0 Å². The molecule has 2 heteroatoms. The fourth-order valence-electron chi connectivity index (χ4n) is 2.76. The third kappa shape index (κ3) is 3.05. The van der Waals surface area contributed by atoms with Crippen LogP contribution in [0.3, 0.4) is 0 Å². The molecule has 1 aromatic rings. The summed E-state index contributed by atoms with van der Waals surface area (Å²) < 4.78 is 0. The first-order chi connectivity index (χ1) is 8.72. The monoisotopic (exact) mass is 246 g/mol. The fraction of sp³-hybridized carbons (Fsp3) is 0.625. The van der Waals surface area contributed by atoms with Crippen LogP contribution < -0.4 is 10.6 Å². The van der Waals surface area contributed by atoms with E-state index in [1.54, 1.807) is 0 Å². The molecule has 1 atom stereocenters. The lowest BCUT2D eigenvalue weighted by atomic mass is 9.97. The maximum atomic E-state index is 5.97. The van der Waals surface area contributed by atoms with Gasteiger partial charge in [0.25, 0.3) is 0 Å². The zero-order valence-electron chi connectivity index (χ0n) is 11.8. The average Bonchev–Trinajstić information content (AvgIpc) is 2.38. The van der Waals surface area contributed by atoms with Crippen molar-refractivity contribution >= 4 is 5.69 Å². The van der Waals surface area contributed by atoms with Crippen molar-refractivity contribution in [3.05, 3.63) is 29.3 Å². The van der Waals surface area contributed by atoms with Crippen molar-refractivity contribution in [2.24, 2.45) is 5.73 Å². The summed E-state index contributed by atoms with van der Waals surface area (Å²) in [6.45, 7) is 6.75. The topological polar surface area (TPSA) is 29.3 Å². The first-order valence-electron chi connectivity index (χ1n) is 7.35. The van der Waals surface area contributed by atoms with Gasteiger partial charge in [0.1, 0.15) is 0 Å². The molecule has 1 heterocycles. The molecule has 0 saturated heterocycles. The highest BCUT2D eigenvalue weighted by Crippen LogP contribution is 2.29. The van der Waals surface area contributed by atoms with E-state index in [4.69, 9.17) is 5.73 Å². The Balaban J connectivity index is 2.11. The van der Waals surface area contributed by atoms with Crippen molar-refractivity contribution in [1.82, 2.24) is 0 Å². The van der Waals surface area contributed by atoms with E-state index < -0.39 is 0 Å². The smallest absolute Gasteiger partial charge is 0.0398 e. The van der Waals surface area contributed by atoms with E-state index in [0.29, 0.717) is 0 Å². The van der Waals surface area contributed by atoms with Crippen LogP contribution in [-0.2, 0) is 6.42 Å². The lowest BCUT2D eigenvalue weighted by Gasteiger charge is -2.32. The van der Waals surface area contributed by atoms with Crippen molar-refractivity contribution in [2.75, 3.05) is 18.0 Å². The first kappa shape index (κ1) is 13.4. The second kappa shape index (κ2) is 6.24. The standard InChI is InChI=1S/C16H26N2/c1-3-4-5-10-18-11-6-7-15-12-14(13(2)17)8-9-16(15)18/h8-9,12-13H,3-7,10-11,17H2,1-2H3. The fourth-order valence-corrected chi connectivity index (χ4v) is 2.76. The maximum absolute atomic E-state index is 5.97. The minimum atomic E-state index is 0.144. The van der Waals surface area contributed by atoms with E-state index in [2.05, 4.69) is 36.9 Å². The summed E-state index contributed by atoms with van der Waals surface area (Å²) in [7, 11) is 0. The zero-order valence-corrected chi connectivity index (χ0v) is 11.8. The van der Waals surface area contributed by atoms with Crippen LogP contribution in [0.15, 0.2) is 18.2 Å². The second-order valence-electron chi connectivity index (χ2n) is 5.47. The number of rotatable bonds is 5. The van der Waals surface area contributed by atoms with Crippen molar-refractivity contribution in [1.29, 1.82) is 0 Å². The number of benzene rings is 1. The normalized spacial score (nSPS) is 16.5. The van der Waals surface area contributed by atoms with Gasteiger partial charge in [-0.15, -0.1) is 0 Å². The Hall–Kier alpha value is -1.02. The molecular weight excluding hydrogens is 220 g/mol. The summed E-state index contributed by atoms with van der Waals surface area (Å²) in [5.74, 6) is 0. The van der Waals surface area contributed by atoms with Crippen molar-refractivity contribution in [3.8, 4) is 0 Å². The van der Waals surface area contributed by atoms with Crippen LogP contribution in [0.1, 0.15) is 56.7 Å². The van der Waals surface area contributed by atoms with Crippen LogP contribution in [0.25, 0.3) is 0 Å². The highest BCUT2D eigenvalue weighted by atomic mass is 15.1. The van der Waals surface area contributed by atoms with Gasteiger partial charge >= 0.3 is 0 Å². The number of nitrogens with two attached hydrogens (primary N) is 1. The molecule has 100 valence electrons. The van der Waals surface area contributed by atoms with Gasteiger partial charge < -0.3 is 10.6 Å². The Bertz CT molecular complexity index is 385. The van der Waals surface area contributed by atoms with Gasteiger partial charge in [0.15, 0.2) is 0 Å². The summed E-state index contributed by atoms with van der Waals surface area (Å²) in [5, 5.41) is 0. The molecule has 2 N–H and O–H groups in total. The summed E-state index contributed by atoms with van der Waals surface area (Å²) >= 11 is 0. The summed E-state index contributed by atoms with van der Waals surface area (Å²) in [5.41, 5.74) is 10.2. The quantitative estimate of drug-likeness (QED) is 0.804. The molecule has 0 aromatic heterocycles. The number of anilines is 1. The predicted octanol–water partition coefficient (Wildman–Crippen LogP) is 3.65. The number of nitrogens with zero attached hydrogens (tertiary/aromatic N) is 1. The minimum absolute atomic E-state index is 0.144. The Morgan fingerprint density at radius 1 is 1.33 bits per heavy atom. The third-order valence-electron chi connectivity index (χ3n) is 3.88. The van der Waals surface area contributed by atoms with Crippen LogP contribution in [0, 0.1) is 0 Å². The average molecular weight is 246 g/mol. The molecular formula is C16H26N2. The van der Waals surface area contributed by atoms with Crippen LogP contribution in [-0.4, -0.2) is 13.1 Å². The van der Waals surface area contributed by atoms with Gasteiger partial charge in [0.05, 0.1) is 0 Å². The van der Waals surface area contributed by atoms with E-state index in [1.807, 2.05) is 0 Å². The molecule has 0 saturated carbocycles. The molecule has 2 nitrogen and oxygen atoms in total. The van der Waals surface area contributed by atoms with Crippen LogP contribution >= 0.6 is 0 Å². The van der Waals surface area contributed by atoms with Gasteiger partial charge in [0.2, 0.25) is 0 Å². The number of fused-ring (bicyclic) bond motifs is 1. The lowest BCUT2D eigenvalue weighted by Crippen LogP contribution is -2.30. The van der Waals surface area contributed by atoms with E-state index in [0.717, 1.165) is 0 Å². The maximum Gasteiger partial charge on any atom is 0.0398 e. The molecule has 0 amide bonds. The molecule has 0 bridgehead atoms. The van der Waals surface area contributed by atoms with Gasteiger partial charge in [-0.05, 0) is 43.4 Å². The van der Waals surface area contributed by atoms with Crippen molar-refractivity contribution in [3.63, 3.8) is 0 Å². The SMILES string of the molecule is CCCCCN1CCCc2cc(C(C)N)ccc21. The zero-order chi connectivity index (χ0) is 13.0. The van der Waals surface area contributed by atoms with E-state index in [9.17, 15) is 0 Å². The molecule has 0 aliphatic carbocycles. The molecule has 0 fully saturated rings. The summed E-state index contributed by atoms with van der Waals surface area (Å²) in [6, 6.07) is 6.93. The number of hydrogen-bond acceptors (Lipinski definition) is 2. The lowest BCUT2D eigenvalue weighted by molar-refractivity contribution is 0.637. The van der Waals surface area contributed by atoms with Crippen LogP contribution in [0.2, 0.25) is 0 Å². The highest BCUT2D eigenvalue weighted by molar-refractivity contribution is 5.57. The Labute approximate surface area is 111 Å². The van der Waals surface area contributed by atoms with Crippen molar-refractivity contribution < 1.29 is 0 Å². The number of unbranched alkanes of at least 4 members (excludes halogenated alkanes) is 2. The first-order valence-corrected chi connectivity index (χ1v) is 7.35. The Morgan fingerprint density at radius 2 is 2.17 bits per heavy atom. The van der Waals surface area contributed by atoms with Crippen molar-refractivity contribution in [2.45, 2.75) is 52.0 Å². The molecule has 2 rings (SSSR count). The van der Waals surface area contributed by atoms with E-state index in [1.165, 1.54) is 62.0 Å². The summed E-state index contributed by atoms with van der Waals surface area (Å²) in [4.78, 5) is 2.56. The molecule has 18 heavy (non-hydrogen) atoms. The van der Waals surface area contributed by atoms with Gasteiger partial charge in [-0.2, -0.15) is 0 Å². The Morgan fingerprint density at radius 3 is 2.89 bits per heavy atom. The molecule has 0 spiro atoms. The molecule has 1 aliphatic heterocycles. The molecule has 1 aromatic carbocycles. The van der Waals surface area contributed by atoms with Crippen LogP contribution in [0.5, 0.6) is 0 Å². The van der Waals surface area contributed by atoms with Gasteiger partial charge in [-0.1, -0.05) is 31.9 Å².